The van der Waals surface area contributed by atoms with E-state index in [9.17, 15) is 0 Å². The van der Waals surface area contributed by atoms with Crippen LogP contribution in [0.2, 0.25) is 0 Å². The average molecular weight is 289 g/mol. The molecule has 0 aromatic heterocycles. The molecule has 120 valence electrons. The number of benzene rings is 1. The summed E-state index contributed by atoms with van der Waals surface area (Å²) < 4.78 is 0. The van der Waals surface area contributed by atoms with Crippen molar-refractivity contribution in [3.63, 3.8) is 0 Å². The molecule has 0 heteroatoms. The molecule has 0 saturated heterocycles. The first-order valence-electron chi connectivity index (χ1n) is 9.42. The van der Waals surface area contributed by atoms with Crippen LogP contribution >= 0.6 is 0 Å². The van der Waals surface area contributed by atoms with Crippen LogP contribution in [0.1, 0.15) is 95.2 Å². The second-order valence-corrected chi connectivity index (χ2v) is 6.47. The molecule has 21 heavy (non-hydrogen) atoms. The first-order valence-corrected chi connectivity index (χ1v) is 9.42. The molecule has 0 atom stereocenters. The Morgan fingerprint density at radius 2 is 1.19 bits per heavy atom. The second kappa shape index (κ2) is 11.8. The van der Waals surface area contributed by atoms with Crippen LogP contribution in [0.5, 0.6) is 0 Å². The summed E-state index contributed by atoms with van der Waals surface area (Å²) in [5.41, 5.74) is 4.82. The number of hydrogen-bond donors (Lipinski definition) is 0. The van der Waals surface area contributed by atoms with E-state index < -0.39 is 0 Å². The topological polar surface area (TPSA) is 0 Å². The number of hydrogen-bond acceptors (Lipinski definition) is 0. The largest absolute Gasteiger partial charge is 0.0654 e. The number of aryl methyl sites for hydroxylation is 3. The molecule has 0 nitrogen and oxygen atoms in total. The van der Waals surface area contributed by atoms with Gasteiger partial charge in [-0.1, -0.05) is 83.9 Å². The van der Waals surface area contributed by atoms with Crippen LogP contribution in [0.25, 0.3) is 0 Å². The van der Waals surface area contributed by atoms with Crippen LogP contribution in [-0.4, -0.2) is 0 Å². The van der Waals surface area contributed by atoms with Gasteiger partial charge in [0.15, 0.2) is 0 Å². The van der Waals surface area contributed by atoms with Gasteiger partial charge in [-0.15, -0.1) is 0 Å². The first-order chi connectivity index (χ1) is 10.3. The molecule has 0 saturated carbocycles. The van der Waals surface area contributed by atoms with Gasteiger partial charge < -0.3 is 0 Å². The van der Waals surface area contributed by atoms with Gasteiger partial charge in [0.1, 0.15) is 0 Å². The standard InChI is InChI=1S/C21H36/c1-4-7-9-11-14-20-17-16-19(13-6-3)18-21(20)15-12-10-8-5-2/h16-18H,4-15H2,1-3H3. The lowest BCUT2D eigenvalue weighted by Crippen LogP contribution is -1.98. The van der Waals surface area contributed by atoms with E-state index in [0.29, 0.717) is 0 Å². The van der Waals surface area contributed by atoms with Crippen LogP contribution in [0, 0.1) is 0 Å². The molecule has 0 unspecified atom stereocenters. The molecule has 1 aromatic rings. The summed E-state index contributed by atoms with van der Waals surface area (Å²) in [4.78, 5) is 0. The van der Waals surface area contributed by atoms with Gasteiger partial charge in [0.05, 0.1) is 0 Å². The van der Waals surface area contributed by atoms with E-state index >= 15 is 0 Å². The molecular weight excluding hydrogens is 252 g/mol. The third-order valence-corrected chi connectivity index (χ3v) is 4.41. The predicted molar refractivity (Wildman–Crippen MR) is 96.1 cm³/mol. The van der Waals surface area contributed by atoms with Gasteiger partial charge in [0.2, 0.25) is 0 Å². The van der Waals surface area contributed by atoms with Crippen LogP contribution in [-0.2, 0) is 19.3 Å². The lowest BCUT2D eigenvalue weighted by Gasteiger charge is -2.12. The van der Waals surface area contributed by atoms with E-state index in [1.165, 1.54) is 77.0 Å². The summed E-state index contributed by atoms with van der Waals surface area (Å²) in [6.07, 6.45) is 16.0. The molecule has 0 aliphatic heterocycles. The highest BCUT2D eigenvalue weighted by Crippen LogP contribution is 2.19. The minimum Gasteiger partial charge on any atom is -0.0654 e. The van der Waals surface area contributed by atoms with Crippen LogP contribution in [0.3, 0.4) is 0 Å². The Balaban J connectivity index is 2.60. The summed E-state index contributed by atoms with van der Waals surface area (Å²) in [5, 5.41) is 0. The lowest BCUT2D eigenvalue weighted by molar-refractivity contribution is 0.650. The normalized spacial score (nSPS) is 11.0. The first kappa shape index (κ1) is 18.3. The van der Waals surface area contributed by atoms with E-state index in [2.05, 4.69) is 39.0 Å². The zero-order valence-corrected chi connectivity index (χ0v) is 14.7. The smallest absolute Gasteiger partial charge is 0.0276 e. The van der Waals surface area contributed by atoms with Gasteiger partial charge in [0.25, 0.3) is 0 Å². The van der Waals surface area contributed by atoms with E-state index in [4.69, 9.17) is 0 Å². The quantitative estimate of drug-likeness (QED) is 0.367. The van der Waals surface area contributed by atoms with Crippen molar-refractivity contribution in [2.75, 3.05) is 0 Å². The molecule has 0 heterocycles. The maximum absolute atomic E-state index is 2.50. The van der Waals surface area contributed by atoms with Crippen molar-refractivity contribution in [1.29, 1.82) is 0 Å². The van der Waals surface area contributed by atoms with Gasteiger partial charge in [0, 0.05) is 0 Å². The summed E-state index contributed by atoms with van der Waals surface area (Å²) in [6.45, 7) is 6.86. The molecule has 0 N–H and O–H groups in total. The molecule has 0 aliphatic rings. The predicted octanol–water partition coefficient (Wildman–Crippen LogP) is 6.88. The minimum atomic E-state index is 1.23. The van der Waals surface area contributed by atoms with Gasteiger partial charge in [-0.2, -0.15) is 0 Å². The highest BCUT2D eigenvalue weighted by atomic mass is 14.1. The average Bonchev–Trinajstić information content (AvgIpc) is 2.50. The Hall–Kier alpha value is -0.780. The molecule has 1 rings (SSSR count). The van der Waals surface area contributed by atoms with E-state index in [0.717, 1.165) is 0 Å². The molecule has 0 radical (unpaired) electrons. The Morgan fingerprint density at radius 1 is 0.571 bits per heavy atom. The molecule has 0 amide bonds. The van der Waals surface area contributed by atoms with Crippen molar-refractivity contribution in [1.82, 2.24) is 0 Å². The van der Waals surface area contributed by atoms with Gasteiger partial charge in [-0.25, -0.2) is 0 Å². The maximum atomic E-state index is 2.50. The highest BCUT2D eigenvalue weighted by Gasteiger charge is 2.04. The van der Waals surface area contributed by atoms with E-state index in [1.807, 2.05) is 0 Å². The Labute approximate surface area is 133 Å². The van der Waals surface area contributed by atoms with Gasteiger partial charge >= 0.3 is 0 Å². The lowest BCUT2D eigenvalue weighted by atomic mass is 9.94. The number of unbranched alkanes of at least 4 members (excludes halogenated alkanes) is 6. The van der Waals surface area contributed by atoms with Gasteiger partial charge in [-0.3, -0.25) is 0 Å². The second-order valence-electron chi connectivity index (χ2n) is 6.47. The summed E-state index contributed by atoms with van der Waals surface area (Å²) >= 11 is 0. The Kier molecular flexibility index (Phi) is 10.3. The summed E-state index contributed by atoms with van der Waals surface area (Å²) in [5.74, 6) is 0. The van der Waals surface area contributed by atoms with Crippen LogP contribution < -0.4 is 0 Å². The third kappa shape index (κ3) is 7.69. The zero-order chi connectivity index (χ0) is 15.3. The number of rotatable bonds is 12. The van der Waals surface area contributed by atoms with E-state index in [-0.39, 0.29) is 0 Å². The minimum absolute atomic E-state index is 1.23. The highest BCUT2D eigenvalue weighted by molar-refractivity contribution is 5.32. The molecule has 0 aliphatic carbocycles. The molecule has 0 spiro atoms. The fraction of sp³-hybridized carbons (Fsp3) is 0.714. The molecule has 0 bridgehead atoms. The monoisotopic (exact) mass is 288 g/mol. The summed E-state index contributed by atoms with van der Waals surface area (Å²) in [7, 11) is 0. The fourth-order valence-corrected chi connectivity index (χ4v) is 3.08. The Bertz CT molecular complexity index is 364. The Morgan fingerprint density at radius 3 is 1.76 bits per heavy atom. The van der Waals surface area contributed by atoms with Crippen molar-refractivity contribution in [2.45, 2.75) is 97.8 Å². The van der Waals surface area contributed by atoms with E-state index in [1.54, 1.807) is 16.7 Å². The van der Waals surface area contributed by atoms with Crippen molar-refractivity contribution in [2.24, 2.45) is 0 Å². The van der Waals surface area contributed by atoms with Gasteiger partial charge in [-0.05, 0) is 48.8 Å². The van der Waals surface area contributed by atoms with Crippen molar-refractivity contribution in [3.8, 4) is 0 Å². The zero-order valence-electron chi connectivity index (χ0n) is 14.7. The van der Waals surface area contributed by atoms with Crippen LogP contribution in [0.4, 0.5) is 0 Å². The molecule has 1 aromatic carbocycles. The van der Waals surface area contributed by atoms with Crippen molar-refractivity contribution >= 4 is 0 Å². The van der Waals surface area contributed by atoms with Crippen molar-refractivity contribution < 1.29 is 0 Å². The molecular formula is C21H36. The fourth-order valence-electron chi connectivity index (χ4n) is 3.08. The maximum Gasteiger partial charge on any atom is -0.0276 e. The SMILES string of the molecule is CCCCCCc1ccc(CCC)cc1CCCCCC. The summed E-state index contributed by atoms with van der Waals surface area (Å²) in [6, 6.07) is 7.30. The van der Waals surface area contributed by atoms with Crippen LogP contribution in [0.15, 0.2) is 18.2 Å². The third-order valence-electron chi connectivity index (χ3n) is 4.41. The van der Waals surface area contributed by atoms with Crippen molar-refractivity contribution in [3.05, 3.63) is 34.9 Å². The molecule has 0 fully saturated rings.